The average Bonchev–Trinajstić information content (AvgIpc) is 2.61. The van der Waals surface area contributed by atoms with E-state index in [1.807, 2.05) is 12.1 Å². The summed E-state index contributed by atoms with van der Waals surface area (Å²) in [6.45, 7) is 2.82. The number of nitrogens with one attached hydrogen (secondary N) is 2. The van der Waals surface area contributed by atoms with Crippen LogP contribution in [0, 0.1) is 0 Å². The van der Waals surface area contributed by atoms with Crippen molar-refractivity contribution in [2.45, 2.75) is 32.6 Å². The molecule has 0 radical (unpaired) electrons. The topological polar surface area (TPSA) is 90.9 Å². The molecule has 0 atom stereocenters. The van der Waals surface area contributed by atoms with E-state index in [0.29, 0.717) is 24.5 Å². The first-order chi connectivity index (χ1) is 12.0. The van der Waals surface area contributed by atoms with Crippen molar-refractivity contribution in [3.8, 4) is 0 Å². The van der Waals surface area contributed by atoms with Gasteiger partial charge in [-0.1, -0.05) is 15.9 Å². The van der Waals surface area contributed by atoms with Gasteiger partial charge in [0.2, 0.25) is 5.91 Å². The normalized spacial score (nSPS) is 14.8. The maximum atomic E-state index is 12.0. The van der Waals surface area contributed by atoms with Gasteiger partial charge in [-0.25, -0.2) is 5.43 Å². The summed E-state index contributed by atoms with van der Waals surface area (Å²) < 4.78 is 0.921. The molecule has 8 heteroatoms. The fourth-order valence-corrected chi connectivity index (χ4v) is 2.71. The van der Waals surface area contributed by atoms with Crippen LogP contribution in [0.2, 0.25) is 0 Å². The van der Waals surface area contributed by atoms with Crippen LogP contribution in [0.5, 0.6) is 0 Å². The third kappa shape index (κ3) is 6.30. The fourth-order valence-electron chi connectivity index (χ4n) is 2.44. The summed E-state index contributed by atoms with van der Waals surface area (Å²) in [4.78, 5) is 37.3. The van der Waals surface area contributed by atoms with Crippen LogP contribution in [0.15, 0.2) is 33.8 Å². The van der Waals surface area contributed by atoms with Gasteiger partial charge in [0.1, 0.15) is 0 Å². The van der Waals surface area contributed by atoms with Gasteiger partial charge in [-0.05, 0) is 50.5 Å². The lowest BCUT2D eigenvalue weighted by Crippen LogP contribution is -2.44. The summed E-state index contributed by atoms with van der Waals surface area (Å²) in [5.41, 5.74) is 3.31. The van der Waals surface area contributed by atoms with Gasteiger partial charge in [-0.3, -0.25) is 14.4 Å². The second kappa shape index (κ2) is 9.31. The lowest BCUT2D eigenvalue weighted by atomic mass is 10.1. The third-order valence-electron chi connectivity index (χ3n) is 3.73. The lowest BCUT2D eigenvalue weighted by molar-refractivity contribution is -0.146. The molecule has 0 spiro atoms. The van der Waals surface area contributed by atoms with Gasteiger partial charge < -0.3 is 10.2 Å². The first-order valence-electron chi connectivity index (χ1n) is 8.13. The monoisotopic (exact) mass is 408 g/mol. The Labute approximate surface area is 155 Å². The Kier molecular flexibility index (Phi) is 7.12. The van der Waals surface area contributed by atoms with E-state index < -0.39 is 11.8 Å². The summed E-state index contributed by atoms with van der Waals surface area (Å²) in [6, 6.07) is 7.19. The van der Waals surface area contributed by atoms with Gasteiger partial charge in [0, 0.05) is 29.0 Å². The average molecular weight is 409 g/mol. The number of amides is 3. The van der Waals surface area contributed by atoms with Gasteiger partial charge in [-0.2, -0.15) is 5.10 Å². The third-order valence-corrected chi connectivity index (χ3v) is 4.26. The van der Waals surface area contributed by atoms with Crippen molar-refractivity contribution in [2.75, 3.05) is 18.4 Å². The van der Waals surface area contributed by atoms with Crippen molar-refractivity contribution >= 4 is 45.1 Å². The highest BCUT2D eigenvalue weighted by Gasteiger charge is 2.23. The molecule has 1 saturated heterocycles. The molecule has 1 aliphatic rings. The van der Waals surface area contributed by atoms with Gasteiger partial charge in [0.15, 0.2) is 0 Å². The van der Waals surface area contributed by atoms with E-state index in [2.05, 4.69) is 31.8 Å². The number of halogens is 1. The Morgan fingerprint density at radius 2 is 1.76 bits per heavy atom. The predicted octanol–water partition coefficient (Wildman–Crippen LogP) is 2.28. The molecule has 1 heterocycles. The van der Waals surface area contributed by atoms with Crippen molar-refractivity contribution in [1.29, 1.82) is 0 Å². The number of piperidine rings is 1. The molecule has 0 aromatic heterocycles. The van der Waals surface area contributed by atoms with Crippen molar-refractivity contribution in [3.05, 3.63) is 28.7 Å². The molecule has 0 bridgehead atoms. The molecule has 134 valence electrons. The van der Waals surface area contributed by atoms with Crippen LogP contribution in [-0.4, -0.2) is 41.4 Å². The Morgan fingerprint density at radius 1 is 1.12 bits per heavy atom. The van der Waals surface area contributed by atoms with Crippen LogP contribution in [0.4, 0.5) is 5.69 Å². The number of carbonyl (C=O) groups is 3. The molecule has 0 saturated carbocycles. The molecule has 7 nitrogen and oxygen atoms in total. The Morgan fingerprint density at radius 3 is 2.40 bits per heavy atom. The number of rotatable bonds is 4. The summed E-state index contributed by atoms with van der Waals surface area (Å²) >= 11 is 3.32. The minimum absolute atomic E-state index is 0.0221. The van der Waals surface area contributed by atoms with E-state index in [9.17, 15) is 14.4 Å². The minimum atomic E-state index is -0.769. The molecular formula is C17H21BrN4O3. The zero-order valence-electron chi connectivity index (χ0n) is 14.0. The lowest BCUT2D eigenvalue weighted by Gasteiger charge is -2.25. The van der Waals surface area contributed by atoms with Gasteiger partial charge in [0.05, 0.1) is 6.42 Å². The Bertz CT molecular complexity index is 667. The quantitative estimate of drug-likeness (QED) is 0.454. The zero-order valence-corrected chi connectivity index (χ0v) is 15.6. The summed E-state index contributed by atoms with van der Waals surface area (Å²) in [5, 5.41) is 6.57. The number of hydrogen-bond donors (Lipinski definition) is 2. The summed E-state index contributed by atoms with van der Waals surface area (Å²) in [6.07, 6.45) is 2.93. The molecule has 2 N–H and O–H groups in total. The van der Waals surface area contributed by atoms with Crippen molar-refractivity contribution in [2.24, 2.45) is 5.10 Å². The van der Waals surface area contributed by atoms with Gasteiger partial charge in [-0.15, -0.1) is 0 Å². The van der Waals surface area contributed by atoms with Crippen molar-refractivity contribution in [1.82, 2.24) is 10.3 Å². The molecule has 0 aliphatic carbocycles. The number of likely N-dealkylation sites (tertiary alicyclic amines) is 1. The highest BCUT2D eigenvalue weighted by atomic mass is 79.9. The van der Waals surface area contributed by atoms with E-state index in [1.54, 1.807) is 19.1 Å². The van der Waals surface area contributed by atoms with E-state index in [4.69, 9.17) is 0 Å². The van der Waals surface area contributed by atoms with E-state index in [1.165, 1.54) is 4.90 Å². The molecular weight excluding hydrogens is 388 g/mol. The Balaban J connectivity index is 1.79. The minimum Gasteiger partial charge on any atom is -0.334 e. The fraction of sp³-hybridized carbons (Fsp3) is 0.412. The first kappa shape index (κ1) is 19.1. The zero-order chi connectivity index (χ0) is 18.2. The maximum absolute atomic E-state index is 12.0. The van der Waals surface area contributed by atoms with E-state index >= 15 is 0 Å². The first-order valence-corrected chi connectivity index (χ1v) is 8.93. The van der Waals surface area contributed by atoms with Crippen molar-refractivity contribution < 1.29 is 14.4 Å². The SMILES string of the molecule is C/C(CC(=O)Nc1ccc(Br)cc1)=N\NC(=O)C(=O)N1CCCCC1. The molecule has 2 rings (SSSR count). The van der Waals surface area contributed by atoms with Crippen LogP contribution in [0.1, 0.15) is 32.6 Å². The number of hydrazone groups is 1. The van der Waals surface area contributed by atoms with Crippen LogP contribution < -0.4 is 10.7 Å². The van der Waals surface area contributed by atoms with Crippen LogP contribution in [0.3, 0.4) is 0 Å². The van der Waals surface area contributed by atoms with Crippen LogP contribution >= 0.6 is 15.9 Å². The number of benzene rings is 1. The standard InChI is InChI=1S/C17H21BrN4O3/c1-12(11-15(23)19-14-7-5-13(18)6-8-14)20-21-16(24)17(25)22-9-3-2-4-10-22/h5-8H,2-4,9-11H2,1H3,(H,19,23)(H,21,24)/b20-12+. The molecule has 3 amide bonds. The summed E-state index contributed by atoms with van der Waals surface area (Å²) in [5.74, 6) is -1.59. The van der Waals surface area contributed by atoms with Crippen LogP contribution in [0.25, 0.3) is 0 Å². The van der Waals surface area contributed by atoms with E-state index in [0.717, 1.165) is 23.7 Å². The Hall–Kier alpha value is -2.22. The largest absolute Gasteiger partial charge is 0.334 e. The van der Waals surface area contributed by atoms with Gasteiger partial charge >= 0.3 is 11.8 Å². The van der Waals surface area contributed by atoms with Crippen LogP contribution in [-0.2, 0) is 14.4 Å². The highest BCUT2D eigenvalue weighted by molar-refractivity contribution is 9.10. The molecule has 0 unspecified atom stereocenters. The molecule has 1 aromatic carbocycles. The second-order valence-electron chi connectivity index (χ2n) is 5.87. The molecule has 1 fully saturated rings. The molecule has 1 aliphatic heterocycles. The molecule has 1 aromatic rings. The van der Waals surface area contributed by atoms with Gasteiger partial charge in [0.25, 0.3) is 0 Å². The number of nitrogens with zero attached hydrogens (tertiary/aromatic N) is 2. The number of anilines is 1. The maximum Gasteiger partial charge on any atom is 0.329 e. The summed E-state index contributed by atoms with van der Waals surface area (Å²) in [7, 11) is 0. The molecule has 25 heavy (non-hydrogen) atoms. The van der Waals surface area contributed by atoms with Crippen molar-refractivity contribution in [3.63, 3.8) is 0 Å². The number of carbonyl (C=O) groups excluding carboxylic acids is 3. The van der Waals surface area contributed by atoms with E-state index in [-0.39, 0.29) is 12.3 Å². The number of hydrogen-bond acceptors (Lipinski definition) is 4. The second-order valence-corrected chi connectivity index (χ2v) is 6.79. The smallest absolute Gasteiger partial charge is 0.329 e. The predicted molar refractivity (Wildman–Crippen MR) is 99.1 cm³/mol. The highest BCUT2D eigenvalue weighted by Crippen LogP contribution is 2.14.